The summed E-state index contributed by atoms with van der Waals surface area (Å²) < 4.78 is 0. The Bertz CT molecular complexity index is 922. The van der Waals surface area contributed by atoms with Crippen molar-refractivity contribution in [3.8, 4) is 0 Å². The van der Waals surface area contributed by atoms with Gasteiger partial charge in [-0.3, -0.25) is 33.6 Å². The third kappa shape index (κ3) is 15.0. The van der Waals surface area contributed by atoms with Gasteiger partial charge in [-0.1, -0.05) is 41.5 Å². The summed E-state index contributed by atoms with van der Waals surface area (Å²) in [6, 6.07) is -4.76. The van der Waals surface area contributed by atoms with Gasteiger partial charge in [-0.15, -0.1) is 0 Å². The molecule has 0 aliphatic rings. The summed E-state index contributed by atoms with van der Waals surface area (Å²) in [6.07, 6.45) is -0.239. The van der Waals surface area contributed by atoms with Gasteiger partial charge in [0, 0.05) is 0 Å². The molecular weight excluding hydrogens is 528 g/mol. The van der Waals surface area contributed by atoms with Gasteiger partial charge < -0.3 is 42.5 Å². The Hall–Kier alpha value is -3.75. The Labute approximate surface area is 233 Å². The molecule has 4 atom stereocenters. The molecule has 0 rings (SSSR count). The van der Waals surface area contributed by atoms with E-state index in [-0.39, 0.29) is 18.3 Å². The zero-order chi connectivity index (χ0) is 31.2. The highest BCUT2D eigenvalue weighted by Crippen LogP contribution is 2.09. The Balaban J connectivity index is 5.58. The Morgan fingerprint density at radius 3 is 1.62 bits per heavy atom. The maximum Gasteiger partial charge on any atom is 0.322 e. The van der Waals surface area contributed by atoms with E-state index in [4.69, 9.17) is 10.8 Å². The fraction of sp³-hybridized carbons (Fsp3) is 0.720. The van der Waals surface area contributed by atoms with Gasteiger partial charge in [0.05, 0.1) is 19.0 Å². The molecule has 0 aromatic rings. The molecule has 9 N–H and O–H groups in total. The fourth-order valence-electron chi connectivity index (χ4n) is 3.56. The lowest BCUT2D eigenvalue weighted by atomic mass is 10.00. The molecule has 40 heavy (non-hydrogen) atoms. The number of hydrogen-bond donors (Lipinski definition) is 8. The molecule has 15 nitrogen and oxygen atoms in total. The molecule has 0 aromatic heterocycles. The van der Waals surface area contributed by atoms with Crippen molar-refractivity contribution in [3.05, 3.63) is 0 Å². The standard InChI is InChI=1S/C25H44N6O9/c1-12(2)7-15(26)22(37)29-16(8-13(3)4)23(38)30-17(9-19(33)34)24(39)31-21(14(5)6)25(40)28-10-18(32)27-11-20(35)36/h12-17,21H,7-11,26H2,1-6H3,(H,27,32)(H,28,40)(H,29,37)(H,30,38)(H,31,39)(H,33,34)(H,35,36). The molecule has 0 spiro atoms. The molecule has 0 aromatic carbocycles. The maximum atomic E-state index is 13.1. The first kappa shape index (κ1) is 36.2. The van der Waals surface area contributed by atoms with Gasteiger partial charge in [0.1, 0.15) is 24.7 Å². The van der Waals surface area contributed by atoms with Crippen LogP contribution in [-0.4, -0.2) is 88.9 Å². The zero-order valence-corrected chi connectivity index (χ0v) is 23.9. The number of nitrogens with two attached hydrogens (primary N) is 1. The smallest absolute Gasteiger partial charge is 0.322 e. The number of carboxylic acid groups (broad SMARTS) is 2. The normalized spacial score (nSPS) is 14.1. The first-order valence-electron chi connectivity index (χ1n) is 13.1. The van der Waals surface area contributed by atoms with Crippen molar-refractivity contribution in [2.24, 2.45) is 23.5 Å². The van der Waals surface area contributed by atoms with Gasteiger partial charge in [0.15, 0.2) is 0 Å². The average Bonchev–Trinajstić information content (AvgIpc) is 2.82. The number of hydrogen-bond acceptors (Lipinski definition) is 8. The molecule has 0 saturated carbocycles. The highest BCUT2D eigenvalue weighted by atomic mass is 16.4. The summed E-state index contributed by atoms with van der Waals surface area (Å²) in [5.41, 5.74) is 5.92. The van der Waals surface area contributed by atoms with Crippen LogP contribution in [0.15, 0.2) is 0 Å². The number of carbonyl (C=O) groups is 7. The minimum Gasteiger partial charge on any atom is -0.481 e. The lowest BCUT2D eigenvalue weighted by Crippen LogP contribution is -2.59. The van der Waals surface area contributed by atoms with Crippen molar-refractivity contribution >= 4 is 41.5 Å². The highest BCUT2D eigenvalue weighted by molar-refractivity contribution is 5.97. The van der Waals surface area contributed by atoms with Gasteiger partial charge in [0.2, 0.25) is 29.5 Å². The van der Waals surface area contributed by atoms with E-state index in [1.54, 1.807) is 13.8 Å². The van der Waals surface area contributed by atoms with Crippen LogP contribution in [0.5, 0.6) is 0 Å². The number of carboxylic acids is 2. The van der Waals surface area contributed by atoms with E-state index in [0.29, 0.717) is 6.42 Å². The molecule has 0 aliphatic heterocycles. The Kier molecular flexibility index (Phi) is 16.1. The summed E-state index contributed by atoms with van der Waals surface area (Å²) in [4.78, 5) is 85.0. The number of aliphatic carboxylic acids is 2. The van der Waals surface area contributed by atoms with Crippen molar-refractivity contribution in [1.82, 2.24) is 26.6 Å². The maximum absolute atomic E-state index is 13.1. The lowest BCUT2D eigenvalue weighted by molar-refractivity contribution is -0.141. The molecule has 4 unspecified atom stereocenters. The van der Waals surface area contributed by atoms with Gasteiger partial charge in [0.25, 0.3) is 0 Å². The second-order valence-corrected chi connectivity index (χ2v) is 10.7. The summed E-state index contributed by atoms with van der Waals surface area (Å²) in [5.74, 6) is -6.97. The molecule has 228 valence electrons. The zero-order valence-electron chi connectivity index (χ0n) is 23.9. The van der Waals surface area contributed by atoms with Crippen LogP contribution in [-0.2, 0) is 33.6 Å². The molecule has 0 aliphatic carbocycles. The molecule has 0 heterocycles. The summed E-state index contributed by atoms with van der Waals surface area (Å²) in [6.45, 7) is 9.39. The summed E-state index contributed by atoms with van der Waals surface area (Å²) in [5, 5.41) is 29.6. The van der Waals surface area contributed by atoms with Gasteiger partial charge in [-0.25, -0.2) is 0 Å². The lowest BCUT2D eigenvalue weighted by Gasteiger charge is -2.27. The second-order valence-electron chi connectivity index (χ2n) is 10.7. The van der Waals surface area contributed by atoms with E-state index >= 15 is 0 Å². The molecule has 0 radical (unpaired) electrons. The SMILES string of the molecule is CC(C)CC(N)C(=O)NC(CC(C)C)C(=O)NC(CC(=O)O)C(=O)NC(C(=O)NCC(=O)NCC(=O)O)C(C)C. The van der Waals surface area contributed by atoms with Crippen molar-refractivity contribution in [2.75, 3.05) is 13.1 Å². The fourth-order valence-corrected chi connectivity index (χ4v) is 3.56. The second kappa shape index (κ2) is 17.8. The first-order chi connectivity index (χ1) is 18.4. The van der Waals surface area contributed by atoms with E-state index in [9.17, 15) is 38.7 Å². The molecule has 0 bridgehead atoms. The van der Waals surface area contributed by atoms with Gasteiger partial charge >= 0.3 is 11.9 Å². The van der Waals surface area contributed by atoms with Crippen LogP contribution in [0.25, 0.3) is 0 Å². The van der Waals surface area contributed by atoms with E-state index in [0.717, 1.165) is 0 Å². The number of amides is 5. The minimum atomic E-state index is -1.59. The van der Waals surface area contributed by atoms with E-state index in [1.165, 1.54) is 0 Å². The molecular formula is C25H44N6O9. The van der Waals surface area contributed by atoms with Gasteiger partial charge in [-0.05, 0) is 30.6 Å². The molecule has 5 amide bonds. The topological polar surface area (TPSA) is 246 Å². The minimum absolute atomic E-state index is 0.0501. The van der Waals surface area contributed by atoms with Crippen molar-refractivity contribution in [2.45, 2.75) is 85.0 Å². The molecule has 0 saturated heterocycles. The van der Waals surface area contributed by atoms with Crippen molar-refractivity contribution in [3.63, 3.8) is 0 Å². The third-order valence-corrected chi connectivity index (χ3v) is 5.52. The van der Waals surface area contributed by atoms with Crippen LogP contribution in [0.4, 0.5) is 0 Å². The predicted molar refractivity (Wildman–Crippen MR) is 143 cm³/mol. The summed E-state index contributed by atoms with van der Waals surface area (Å²) >= 11 is 0. The van der Waals surface area contributed by atoms with Crippen LogP contribution >= 0.6 is 0 Å². The van der Waals surface area contributed by atoms with Crippen LogP contribution in [0.3, 0.4) is 0 Å². The number of rotatable bonds is 18. The average molecular weight is 573 g/mol. The predicted octanol–water partition coefficient (Wildman–Crippen LogP) is -1.69. The highest BCUT2D eigenvalue weighted by Gasteiger charge is 2.33. The molecule has 0 fully saturated rings. The van der Waals surface area contributed by atoms with Crippen LogP contribution in [0, 0.1) is 17.8 Å². The van der Waals surface area contributed by atoms with Crippen molar-refractivity contribution < 1.29 is 43.8 Å². The van der Waals surface area contributed by atoms with E-state index in [2.05, 4.69) is 26.6 Å². The number of carbonyl (C=O) groups excluding carboxylic acids is 5. The largest absolute Gasteiger partial charge is 0.481 e. The monoisotopic (exact) mass is 572 g/mol. The quantitative estimate of drug-likeness (QED) is 0.0925. The molecule has 15 heteroatoms. The van der Waals surface area contributed by atoms with Crippen LogP contribution in [0.1, 0.15) is 60.8 Å². The Morgan fingerprint density at radius 2 is 1.15 bits per heavy atom. The third-order valence-electron chi connectivity index (χ3n) is 5.52. The van der Waals surface area contributed by atoms with E-state index in [1.807, 2.05) is 27.7 Å². The van der Waals surface area contributed by atoms with Crippen LogP contribution in [0.2, 0.25) is 0 Å². The first-order valence-corrected chi connectivity index (χ1v) is 13.1. The van der Waals surface area contributed by atoms with Crippen LogP contribution < -0.4 is 32.3 Å². The number of nitrogens with one attached hydrogen (secondary N) is 5. The van der Waals surface area contributed by atoms with E-state index < -0.39 is 91.1 Å². The Morgan fingerprint density at radius 1 is 0.625 bits per heavy atom. The van der Waals surface area contributed by atoms with Gasteiger partial charge in [-0.2, -0.15) is 0 Å². The summed E-state index contributed by atoms with van der Waals surface area (Å²) in [7, 11) is 0. The van der Waals surface area contributed by atoms with Crippen molar-refractivity contribution in [1.29, 1.82) is 0 Å².